The number of likely N-dealkylation sites (tertiary alicyclic amines) is 1. The van der Waals surface area contributed by atoms with Gasteiger partial charge in [0.1, 0.15) is 0 Å². The Balaban J connectivity index is 2.48. The normalized spacial score (nSPS) is 28.1. The predicted octanol–water partition coefficient (Wildman–Crippen LogP) is 0.607. The first-order valence-corrected chi connectivity index (χ1v) is 5.59. The molecule has 1 aliphatic heterocycles. The molecule has 0 aromatic rings. The van der Waals surface area contributed by atoms with Crippen molar-refractivity contribution in [3.05, 3.63) is 0 Å². The standard InChI is InChI=1S/C11H22N2O2/c1-8(2)13-6-9(4-10(12)7-13)5-11(14)15-3/h8-10H,4-7,12H2,1-3H3. The second-order valence-corrected chi connectivity index (χ2v) is 4.69. The van der Waals surface area contributed by atoms with E-state index < -0.39 is 0 Å². The van der Waals surface area contributed by atoms with Gasteiger partial charge in [-0.1, -0.05) is 0 Å². The Hall–Kier alpha value is -0.610. The van der Waals surface area contributed by atoms with Gasteiger partial charge in [0.2, 0.25) is 0 Å². The second kappa shape index (κ2) is 5.47. The van der Waals surface area contributed by atoms with Gasteiger partial charge in [-0.25, -0.2) is 0 Å². The number of methoxy groups -OCH3 is 1. The Bertz CT molecular complexity index is 219. The molecule has 0 radical (unpaired) electrons. The summed E-state index contributed by atoms with van der Waals surface area (Å²) in [6.45, 7) is 6.22. The van der Waals surface area contributed by atoms with Gasteiger partial charge in [0.25, 0.3) is 0 Å². The third-order valence-corrected chi connectivity index (χ3v) is 3.01. The number of carbonyl (C=O) groups is 1. The number of nitrogens with zero attached hydrogens (tertiary/aromatic N) is 1. The van der Waals surface area contributed by atoms with Crippen molar-refractivity contribution in [3.63, 3.8) is 0 Å². The number of hydrogen-bond acceptors (Lipinski definition) is 4. The van der Waals surface area contributed by atoms with Gasteiger partial charge in [-0.2, -0.15) is 0 Å². The largest absolute Gasteiger partial charge is 0.469 e. The summed E-state index contributed by atoms with van der Waals surface area (Å²) in [5.74, 6) is 0.224. The van der Waals surface area contributed by atoms with Crippen LogP contribution in [0.5, 0.6) is 0 Å². The molecule has 0 aromatic heterocycles. The molecule has 0 aromatic carbocycles. The van der Waals surface area contributed by atoms with Gasteiger partial charge in [-0.3, -0.25) is 9.69 Å². The summed E-state index contributed by atoms with van der Waals surface area (Å²) in [7, 11) is 1.44. The smallest absolute Gasteiger partial charge is 0.305 e. The fraction of sp³-hybridized carbons (Fsp3) is 0.909. The quantitative estimate of drug-likeness (QED) is 0.699. The van der Waals surface area contributed by atoms with Crippen LogP contribution >= 0.6 is 0 Å². The molecule has 15 heavy (non-hydrogen) atoms. The lowest BCUT2D eigenvalue weighted by Gasteiger charge is -2.38. The molecule has 2 unspecified atom stereocenters. The molecular formula is C11H22N2O2. The monoisotopic (exact) mass is 214 g/mol. The second-order valence-electron chi connectivity index (χ2n) is 4.69. The van der Waals surface area contributed by atoms with Crippen LogP contribution in [0.25, 0.3) is 0 Å². The molecule has 0 saturated carbocycles. The molecule has 1 rings (SSSR count). The van der Waals surface area contributed by atoms with Gasteiger partial charge in [0.15, 0.2) is 0 Å². The minimum atomic E-state index is -0.127. The molecule has 1 saturated heterocycles. The molecular weight excluding hydrogens is 192 g/mol. The van der Waals surface area contributed by atoms with Gasteiger partial charge < -0.3 is 10.5 Å². The Morgan fingerprint density at radius 1 is 1.53 bits per heavy atom. The predicted molar refractivity (Wildman–Crippen MR) is 59.4 cm³/mol. The molecule has 0 aliphatic carbocycles. The first-order chi connectivity index (χ1) is 7.02. The van der Waals surface area contributed by atoms with E-state index in [1.54, 1.807) is 0 Å². The molecule has 1 fully saturated rings. The van der Waals surface area contributed by atoms with Crippen LogP contribution in [-0.4, -0.2) is 43.2 Å². The highest BCUT2D eigenvalue weighted by atomic mass is 16.5. The zero-order chi connectivity index (χ0) is 11.4. The Morgan fingerprint density at radius 2 is 2.20 bits per heavy atom. The molecule has 2 atom stereocenters. The molecule has 4 nitrogen and oxygen atoms in total. The fourth-order valence-corrected chi connectivity index (χ4v) is 2.17. The van der Waals surface area contributed by atoms with Crippen molar-refractivity contribution in [3.8, 4) is 0 Å². The Kier molecular flexibility index (Phi) is 4.54. The average Bonchev–Trinajstić information content (AvgIpc) is 2.16. The summed E-state index contributed by atoms with van der Waals surface area (Å²) < 4.78 is 4.69. The van der Waals surface area contributed by atoms with Crippen LogP contribution in [0.4, 0.5) is 0 Å². The highest BCUT2D eigenvalue weighted by Gasteiger charge is 2.28. The summed E-state index contributed by atoms with van der Waals surface area (Å²) >= 11 is 0. The Labute approximate surface area is 91.8 Å². The molecule has 0 bridgehead atoms. The minimum Gasteiger partial charge on any atom is -0.469 e. The summed E-state index contributed by atoms with van der Waals surface area (Å²) in [6.07, 6.45) is 1.42. The van der Waals surface area contributed by atoms with Crippen molar-refractivity contribution >= 4 is 5.97 Å². The van der Waals surface area contributed by atoms with E-state index in [-0.39, 0.29) is 12.0 Å². The van der Waals surface area contributed by atoms with Gasteiger partial charge in [-0.15, -0.1) is 0 Å². The van der Waals surface area contributed by atoms with E-state index in [1.165, 1.54) is 7.11 Å². The van der Waals surface area contributed by atoms with Crippen LogP contribution in [0.2, 0.25) is 0 Å². The SMILES string of the molecule is COC(=O)CC1CC(N)CN(C(C)C)C1. The lowest BCUT2D eigenvalue weighted by atomic mass is 9.91. The molecule has 88 valence electrons. The number of ether oxygens (including phenoxy) is 1. The van der Waals surface area contributed by atoms with Crippen LogP contribution < -0.4 is 5.73 Å². The van der Waals surface area contributed by atoms with Crippen LogP contribution in [0, 0.1) is 5.92 Å². The topological polar surface area (TPSA) is 55.6 Å². The molecule has 1 aliphatic rings. The van der Waals surface area contributed by atoms with Gasteiger partial charge in [0, 0.05) is 31.6 Å². The summed E-state index contributed by atoms with van der Waals surface area (Å²) in [5, 5.41) is 0. The summed E-state index contributed by atoms with van der Waals surface area (Å²) in [4.78, 5) is 13.5. The summed E-state index contributed by atoms with van der Waals surface area (Å²) in [6, 6.07) is 0.687. The lowest BCUT2D eigenvalue weighted by molar-refractivity contribution is -0.142. The molecule has 0 amide bonds. The van der Waals surface area contributed by atoms with Crippen molar-refractivity contribution in [1.29, 1.82) is 0 Å². The van der Waals surface area contributed by atoms with Gasteiger partial charge >= 0.3 is 5.97 Å². The Morgan fingerprint density at radius 3 is 2.73 bits per heavy atom. The van der Waals surface area contributed by atoms with Crippen LogP contribution in [0.3, 0.4) is 0 Å². The highest BCUT2D eigenvalue weighted by Crippen LogP contribution is 2.20. The number of hydrogen-bond donors (Lipinski definition) is 1. The molecule has 2 N–H and O–H groups in total. The molecule has 4 heteroatoms. The van der Waals surface area contributed by atoms with Crippen molar-refractivity contribution < 1.29 is 9.53 Å². The third-order valence-electron chi connectivity index (χ3n) is 3.01. The van der Waals surface area contributed by atoms with Crippen molar-refractivity contribution in [2.75, 3.05) is 20.2 Å². The fourth-order valence-electron chi connectivity index (χ4n) is 2.17. The first kappa shape index (κ1) is 12.5. The van der Waals surface area contributed by atoms with E-state index >= 15 is 0 Å². The van der Waals surface area contributed by atoms with E-state index in [2.05, 4.69) is 23.5 Å². The zero-order valence-corrected chi connectivity index (χ0v) is 9.90. The zero-order valence-electron chi connectivity index (χ0n) is 9.90. The van der Waals surface area contributed by atoms with Crippen LogP contribution in [0.1, 0.15) is 26.7 Å². The maximum Gasteiger partial charge on any atom is 0.305 e. The third kappa shape index (κ3) is 3.80. The first-order valence-electron chi connectivity index (χ1n) is 5.59. The maximum absolute atomic E-state index is 11.2. The minimum absolute atomic E-state index is 0.127. The van der Waals surface area contributed by atoms with Gasteiger partial charge in [-0.05, 0) is 26.2 Å². The number of rotatable bonds is 3. The van der Waals surface area contributed by atoms with E-state index in [0.717, 1.165) is 19.5 Å². The number of esters is 1. The van der Waals surface area contributed by atoms with Crippen LogP contribution in [-0.2, 0) is 9.53 Å². The van der Waals surface area contributed by atoms with Gasteiger partial charge in [0.05, 0.1) is 7.11 Å². The van der Waals surface area contributed by atoms with Crippen LogP contribution in [0.15, 0.2) is 0 Å². The van der Waals surface area contributed by atoms with Crippen molar-refractivity contribution in [2.45, 2.75) is 38.8 Å². The molecule has 0 spiro atoms. The summed E-state index contributed by atoms with van der Waals surface area (Å²) in [5.41, 5.74) is 5.98. The van der Waals surface area contributed by atoms with E-state index in [4.69, 9.17) is 5.73 Å². The van der Waals surface area contributed by atoms with E-state index in [1.807, 2.05) is 0 Å². The average molecular weight is 214 g/mol. The highest BCUT2D eigenvalue weighted by molar-refractivity contribution is 5.69. The van der Waals surface area contributed by atoms with E-state index in [9.17, 15) is 4.79 Å². The number of piperidine rings is 1. The van der Waals surface area contributed by atoms with Crippen molar-refractivity contribution in [1.82, 2.24) is 4.90 Å². The maximum atomic E-state index is 11.2. The number of carbonyl (C=O) groups excluding carboxylic acids is 1. The van der Waals surface area contributed by atoms with E-state index in [0.29, 0.717) is 18.4 Å². The lowest BCUT2D eigenvalue weighted by Crippen LogP contribution is -2.49. The van der Waals surface area contributed by atoms with Crippen molar-refractivity contribution in [2.24, 2.45) is 11.7 Å². The molecule has 1 heterocycles. The number of nitrogens with two attached hydrogens (primary N) is 1.